The molecule has 31 heavy (non-hydrogen) atoms. The lowest BCUT2D eigenvalue weighted by molar-refractivity contribution is 0.0746. The molecule has 1 saturated heterocycles. The summed E-state index contributed by atoms with van der Waals surface area (Å²) in [4.78, 5) is 16.9. The molecule has 3 aromatic rings. The molecule has 1 fully saturated rings. The Morgan fingerprint density at radius 3 is 2.13 bits per heavy atom. The maximum Gasteiger partial charge on any atom is 0.254 e. The normalized spacial score (nSPS) is 13.9. The Hall–Kier alpha value is -3.62. The molecule has 0 saturated carbocycles. The minimum absolute atomic E-state index is 0.0217. The monoisotopic (exact) mass is 422 g/mol. The smallest absolute Gasteiger partial charge is 0.254 e. The van der Waals surface area contributed by atoms with Crippen LogP contribution in [0.25, 0.3) is 5.82 Å². The van der Waals surface area contributed by atoms with Crippen molar-refractivity contribution in [1.82, 2.24) is 24.9 Å². The summed E-state index contributed by atoms with van der Waals surface area (Å²) in [6.07, 6.45) is 0. The van der Waals surface area contributed by atoms with Gasteiger partial charge in [0.25, 0.3) is 5.91 Å². The number of aryl methyl sites for hydroxylation is 2. The molecule has 1 aromatic carbocycles. The first kappa shape index (κ1) is 20.6. The van der Waals surface area contributed by atoms with E-state index in [1.807, 2.05) is 36.9 Å². The van der Waals surface area contributed by atoms with Crippen molar-refractivity contribution in [3.63, 3.8) is 0 Å². The lowest BCUT2D eigenvalue weighted by Gasteiger charge is -2.35. The van der Waals surface area contributed by atoms with Crippen LogP contribution < -0.4 is 14.4 Å². The van der Waals surface area contributed by atoms with Gasteiger partial charge in [-0.25, -0.2) is 4.68 Å². The van der Waals surface area contributed by atoms with Crippen molar-refractivity contribution >= 4 is 11.7 Å². The van der Waals surface area contributed by atoms with Crippen molar-refractivity contribution < 1.29 is 14.3 Å². The zero-order chi connectivity index (χ0) is 22.0. The Morgan fingerprint density at radius 1 is 0.871 bits per heavy atom. The lowest BCUT2D eigenvalue weighted by atomic mass is 10.1. The van der Waals surface area contributed by atoms with Crippen molar-refractivity contribution in [3.05, 3.63) is 53.3 Å². The number of rotatable bonds is 5. The molecule has 0 bridgehead atoms. The minimum Gasteiger partial charge on any atom is -0.493 e. The van der Waals surface area contributed by atoms with Crippen molar-refractivity contribution in [2.75, 3.05) is 45.3 Å². The third-order valence-electron chi connectivity index (χ3n) is 5.38. The van der Waals surface area contributed by atoms with Gasteiger partial charge in [0.15, 0.2) is 23.1 Å². The zero-order valence-electron chi connectivity index (χ0n) is 18.2. The molecule has 0 N–H and O–H groups in total. The third-order valence-corrected chi connectivity index (χ3v) is 5.38. The van der Waals surface area contributed by atoms with Gasteiger partial charge >= 0.3 is 0 Å². The minimum atomic E-state index is -0.0217. The fraction of sp³-hybridized carbons (Fsp3) is 0.364. The Bertz CT molecular complexity index is 1070. The molecular formula is C22H26N6O3. The summed E-state index contributed by atoms with van der Waals surface area (Å²) >= 11 is 0. The molecule has 0 unspecified atom stereocenters. The number of nitrogens with zero attached hydrogens (tertiary/aromatic N) is 6. The van der Waals surface area contributed by atoms with Gasteiger partial charge in [0.1, 0.15) is 0 Å². The fourth-order valence-electron chi connectivity index (χ4n) is 3.75. The summed E-state index contributed by atoms with van der Waals surface area (Å²) in [7, 11) is 3.14. The van der Waals surface area contributed by atoms with E-state index < -0.39 is 0 Å². The third kappa shape index (κ3) is 4.16. The highest BCUT2D eigenvalue weighted by Crippen LogP contribution is 2.28. The lowest BCUT2D eigenvalue weighted by Crippen LogP contribution is -2.49. The summed E-state index contributed by atoms with van der Waals surface area (Å²) in [5.41, 5.74) is 2.54. The van der Waals surface area contributed by atoms with Gasteiger partial charge in [-0.1, -0.05) is 0 Å². The molecule has 1 amide bonds. The molecule has 162 valence electrons. The number of methoxy groups -OCH3 is 2. The maximum absolute atomic E-state index is 12.9. The highest BCUT2D eigenvalue weighted by atomic mass is 16.5. The van der Waals surface area contributed by atoms with E-state index in [0.717, 1.165) is 17.2 Å². The number of amides is 1. The molecule has 3 heterocycles. The molecule has 9 nitrogen and oxygen atoms in total. The van der Waals surface area contributed by atoms with E-state index in [9.17, 15) is 4.79 Å². The van der Waals surface area contributed by atoms with Crippen LogP contribution in [0.15, 0.2) is 36.4 Å². The van der Waals surface area contributed by atoms with Gasteiger partial charge in [-0.15, -0.1) is 10.2 Å². The predicted octanol–water partition coefficient (Wildman–Crippen LogP) is 2.26. The Morgan fingerprint density at radius 2 is 1.55 bits per heavy atom. The fourth-order valence-corrected chi connectivity index (χ4v) is 3.75. The summed E-state index contributed by atoms with van der Waals surface area (Å²) in [6.45, 7) is 6.53. The van der Waals surface area contributed by atoms with E-state index >= 15 is 0 Å². The zero-order valence-corrected chi connectivity index (χ0v) is 18.2. The van der Waals surface area contributed by atoms with Crippen molar-refractivity contribution in [2.24, 2.45) is 0 Å². The van der Waals surface area contributed by atoms with Crippen LogP contribution in [0.4, 0.5) is 5.82 Å². The van der Waals surface area contributed by atoms with E-state index in [2.05, 4.69) is 20.2 Å². The predicted molar refractivity (Wildman–Crippen MR) is 116 cm³/mol. The van der Waals surface area contributed by atoms with Crippen LogP contribution >= 0.6 is 0 Å². The largest absolute Gasteiger partial charge is 0.493 e. The molecule has 9 heteroatoms. The summed E-state index contributed by atoms with van der Waals surface area (Å²) in [6, 6.07) is 11.1. The molecule has 2 aromatic heterocycles. The second kappa shape index (κ2) is 8.63. The van der Waals surface area contributed by atoms with Gasteiger partial charge in [-0.05, 0) is 50.2 Å². The van der Waals surface area contributed by atoms with Crippen LogP contribution in [0.2, 0.25) is 0 Å². The quantitative estimate of drug-likeness (QED) is 0.623. The average molecular weight is 422 g/mol. The van der Waals surface area contributed by atoms with Gasteiger partial charge in [-0.3, -0.25) is 4.79 Å². The average Bonchev–Trinajstić information content (AvgIpc) is 3.16. The van der Waals surface area contributed by atoms with Gasteiger partial charge < -0.3 is 19.3 Å². The highest BCUT2D eigenvalue weighted by molar-refractivity contribution is 5.95. The number of carbonyl (C=O) groups is 1. The second-order valence-electron chi connectivity index (χ2n) is 7.44. The van der Waals surface area contributed by atoms with Crippen molar-refractivity contribution in [1.29, 1.82) is 0 Å². The van der Waals surface area contributed by atoms with E-state index in [1.165, 1.54) is 0 Å². The molecule has 0 radical (unpaired) electrons. The first-order chi connectivity index (χ1) is 15.0. The van der Waals surface area contributed by atoms with E-state index in [0.29, 0.717) is 49.1 Å². The first-order valence-corrected chi connectivity index (χ1v) is 10.1. The summed E-state index contributed by atoms with van der Waals surface area (Å²) in [5.74, 6) is 2.61. The molecule has 4 rings (SSSR count). The van der Waals surface area contributed by atoms with Crippen LogP contribution in [0.3, 0.4) is 0 Å². The number of ether oxygens (including phenoxy) is 2. The topological polar surface area (TPSA) is 85.6 Å². The van der Waals surface area contributed by atoms with Gasteiger partial charge in [0, 0.05) is 37.4 Å². The molecule has 1 aliphatic rings. The number of carbonyl (C=O) groups excluding carboxylic acids is 1. The Balaban J connectivity index is 1.40. The number of hydrogen-bond donors (Lipinski definition) is 0. The van der Waals surface area contributed by atoms with Gasteiger partial charge in [-0.2, -0.15) is 5.10 Å². The van der Waals surface area contributed by atoms with Crippen molar-refractivity contribution in [3.8, 4) is 17.3 Å². The van der Waals surface area contributed by atoms with Crippen LogP contribution in [-0.4, -0.2) is 71.2 Å². The van der Waals surface area contributed by atoms with Gasteiger partial charge in [0.05, 0.1) is 19.9 Å². The molecular weight excluding hydrogens is 396 g/mol. The molecule has 0 spiro atoms. The van der Waals surface area contributed by atoms with E-state index in [1.54, 1.807) is 37.1 Å². The molecule has 0 atom stereocenters. The number of piperazine rings is 1. The second-order valence-corrected chi connectivity index (χ2v) is 7.44. The standard InChI is InChI=1S/C22H26N6O3/c1-15-13-16(2)28(25-15)21-8-7-20(23-24-21)26-9-11-27(12-10-26)22(29)17-5-6-18(30-3)19(14-17)31-4/h5-8,13-14H,9-12H2,1-4H3. The SMILES string of the molecule is COc1ccc(C(=O)N2CCN(c3ccc(-n4nc(C)cc4C)nn3)CC2)cc1OC. The van der Waals surface area contributed by atoms with Crippen LogP contribution in [0, 0.1) is 13.8 Å². The van der Waals surface area contributed by atoms with Crippen molar-refractivity contribution in [2.45, 2.75) is 13.8 Å². The maximum atomic E-state index is 12.9. The molecule has 0 aliphatic carbocycles. The van der Waals surface area contributed by atoms with Crippen LogP contribution in [-0.2, 0) is 0 Å². The van der Waals surface area contributed by atoms with E-state index in [-0.39, 0.29) is 5.91 Å². The highest BCUT2D eigenvalue weighted by Gasteiger charge is 2.24. The number of aromatic nitrogens is 4. The van der Waals surface area contributed by atoms with E-state index in [4.69, 9.17) is 9.47 Å². The van der Waals surface area contributed by atoms with Crippen LogP contribution in [0.5, 0.6) is 11.5 Å². The Labute approximate surface area is 181 Å². The summed E-state index contributed by atoms with van der Waals surface area (Å²) in [5, 5.41) is 13.2. The Kier molecular flexibility index (Phi) is 5.75. The molecule has 1 aliphatic heterocycles. The number of anilines is 1. The first-order valence-electron chi connectivity index (χ1n) is 10.1. The number of benzene rings is 1. The van der Waals surface area contributed by atoms with Crippen LogP contribution in [0.1, 0.15) is 21.7 Å². The number of hydrogen-bond acceptors (Lipinski definition) is 7. The summed E-state index contributed by atoms with van der Waals surface area (Å²) < 4.78 is 12.3. The van der Waals surface area contributed by atoms with Gasteiger partial charge in [0.2, 0.25) is 0 Å².